The summed E-state index contributed by atoms with van der Waals surface area (Å²) < 4.78 is 64.1. The molecule has 4 aromatic heterocycles. The number of nitriles is 12. The van der Waals surface area contributed by atoms with Crippen LogP contribution < -0.4 is 0 Å². The van der Waals surface area contributed by atoms with Crippen LogP contribution in [-0.4, -0.2) is 60.6 Å². The topological polar surface area (TPSA) is 320 Å². The number of benzene rings is 6. The van der Waals surface area contributed by atoms with Crippen LogP contribution in [0.25, 0.3) is 122 Å². The molecule has 0 saturated carbocycles. The molecule has 0 bridgehead atoms. The second kappa shape index (κ2) is 35.8. The van der Waals surface area contributed by atoms with Gasteiger partial charge in [0, 0.05) is 190 Å². The summed E-state index contributed by atoms with van der Waals surface area (Å²) in [5.74, 6) is -5.49. The Balaban J connectivity index is 0.794. The Morgan fingerprint density at radius 3 is 0.689 bits per heavy atom. The van der Waals surface area contributed by atoms with E-state index in [2.05, 4.69) is 85.0 Å². The molecular formula is C102H46F4N12O2S12. The van der Waals surface area contributed by atoms with Gasteiger partial charge in [-0.25, -0.2) is 17.6 Å². The maximum Gasteiger partial charge on any atom is 0.194 e. The van der Waals surface area contributed by atoms with E-state index in [-0.39, 0.29) is 78.0 Å². The van der Waals surface area contributed by atoms with E-state index in [4.69, 9.17) is 0 Å². The molecule has 0 atom stereocenters. The van der Waals surface area contributed by atoms with Crippen LogP contribution >= 0.6 is 139 Å². The minimum atomic E-state index is -1.28. The van der Waals surface area contributed by atoms with E-state index in [1.165, 1.54) is 80.6 Å². The zero-order chi connectivity index (χ0) is 92.8. The minimum Gasteiger partial charge on any atom is -0.289 e. The Bertz CT molecular complexity index is 8030. The van der Waals surface area contributed by atoms with Gasteiger partial charge in [-0.15, -0.1) is 139 Å². The molecule has 0 N–H and O–H groups in total. The van der Waals surface area contributed by atoms with Crippen molar-refractivity contribution >= 4 is 231 Å². The molecule has 18 rings (SSSR count). The number of carbonyl (C=O) groups excluding carboxylic acids is 2. The molecule has 10 aromatic rings. The number of fused-ring (bicyclic) bond motifs is 16. The van der Waals surface area contributed by atoms with Gasteiger partial charge in [0.2, 0.25) is 0 Å². The number of thiophene rings is 4. The normalized spacial score (nSPS) is 14.9. The summed E-state index contributed by atoms with van der Waals surface area (Å²) in [5, 5.41) is 126. The van der Waals surface area contributed by atoms with Gasteiger partial charge >= 0.3 is 0 Å². The van der Waals surface area contributed by atoms with Gasteiger partial charge < -0.3 is 0 Å². The van der Waals surface area contributed by atoms with Gasteiger partial charge in [-0.3, -0.25) is 9.59 Å². The maximum absolute atomic E-state index is 15.2. The van der Waals surface area contributed by atoms with Crippen LogP contribution in [0.2, 0.25) is 0 Å². The molecule has 0 unspecified atom stereocenters. The highest BCUT2D eigenvalue weighted by Gasteiger charge is 2.43. The summed E-state index contributed by atoms with van der Waals surface area (Å²) in [7, 11) is 0. The van der Waals surface area contributed by atoms with Crippen LogP contribution in [0.1, 0.15) is 118 Å². The van der Waals surface area contributed by atoms with Crippen molar-refractivity contribution in [2.45, 2.75) is 0 Å². The third-order valence-electron chi connectivity index (χ3n) is 23.1. The Kier molecular flexibility index (Phi) is 24.1. The molecule has 0 aliphatic heterocycles. The van der Waals surface area contributed by atoms with E-state index in [0.717, 1.165) is 155 Å². The first kappa shape index (κ1) is 88.8. The molecule has 626 valence electrons. The Morgan fingerprint density at radius 1 is 0.258 bits per heavy atom. The lowest BCUT2D eigenvalue weighted by Crippen LogP contribution is -1.97. The van der Waals surface area contributed by atoms with Crippen molar-refractivity contribution in [3.8, 4) is 115 Å². The number of hydrogen-bond acceptors (Lipinski definition) is 26. The fourth-order valence-electron chi connectivity index (χ4n) is 17.9. The zero-order valence-electron chi connectivity index (χ0n) is 68.9. The predicted octanol–water partition coefficient (Wildman–Crippen LogP) is 27.2. The molecule has 0 spiro atoms. The van der Waals surface area contributed by atoms with Gasteiger partial charge in [-0.2, -0.15) is 63.1 Å². The second-order valence-corrected chi connectivity index (χ2v) is 41.9. The number of allylic oxidation sites excluding steroid dienone is 16. The molecule has 0 fully saturated rings. The van der Waals surface area contributed by atoms with Crippen molar-refractivity contribution < 1.29 is 27.2 Å². The smallest absolute Gasteiger partial charge is 0.194 e. The third kappa shape index (κ3) is 14.1. The van der Waals surface area contributed by atoms with Gasteiger partial charge in [0.1, 0.15) is 106 Å². The molecule has 30 heteroatoms. The Labute approximate surface area is 803 Å². The first-order chi connectivity index (χ1) is 64.2. The molecule has 0 radical (unpaired) electrons. The number of ketones is 2. The van der Waals surface area contributed by atoms with Crippen LogP contribution in [-0.2, 0) is 0 Å². The summed E-state index contributed by atoms with van der Waals surface area (Å²) in [6.45, 7) is 0. The number of nitrogens with zero attached hydrogens (tertiary/aromatic N) is 12. The van der Waals surface area contributed by atoms with Crippen molar-refractivity contribution in [2.75, 3.05) is 49.0 Å². The van der Waals surface area contributed by atoms with Crippen molar-refractivity contribution in [2.24, 2.45) is 0 Å². The number of carbonyl (C=O) groups is 2. The summed E-state index contributed by atoms with van der Waals surface area (Å²) >= 11 is 18.2. The highest BCUT2D eigenvalue weighted by molar-refractivity contribution is 8.24. The van der Waals surface area contributed by atoms with Crippen molar-refractivity contribution in [3.05, 3.63) is 326 Å². The summed E-state index contributed by atoms with van der Waals surface area (Å²) in [6, 6.07) is 58.1. The molecule has 8 aliphatic rings. The summed E-state index contributed by atoms with van der Waals surface area (Å²) in [5.41, 5.74) is 15.3. The third-order valence-corrected chi connectivity index (χ3v) is 36.7. The van der Waals surface area contributed by atoms with Crippen LogP contribution in [0.15, 0.2) is 194 Å². The van der Waals surface area contributed by atoms with Gasteiger partial charge in [-0.1, -0.05) is 48.5 Å². The molecule has 0 amide bonds. The van der Waals surface area contributed by atoms with Crippen LogP contribution in [0, 0.1) is 159 Å². The number of thioether (sulfide) groups is 8. The summed E-state index contributed by atoms with van der Waals surface area (Å²) in [6.07, 6.45) is 18.7. The fraction of sp³-hybridized carbons (Fsp3) is 0.0784. The minimum absolute atomic E-state index is 0.0818. The van der Waals surface area contributed by atoms with Crippen LogP contribution in [0.5, 0.6) is 0 Å². The van der Waals surface area contributed by atoms with E-state index in [1.54, 1.807) is 119 Å². The van der Waals surface area contributed by atoms with Gasteiger partial charge in [0.05, 0.1) is 0 Å². The van der Waals surface area contributed by atoms with Crippen molar-refractivity contribution in [1.29, 1.82) is 63.1 Å². The lowest BCUT2D eigenvalue weighted by Gasteiger charge is -2.15. The average Bonchev–Trinajstić information content (AvgIpc) is 1.55. The van der Waals surface area contributed by atoms with E-state index in [0.29, 0.717) is 70.7 Å². The fourth-order valence-corrected chi connectivity index (χ4v) is 29.6. The monoisotopic (exact) mass is 1930 g/mol. The molecule has 6 aromatic carbocycles. The molecule has 8 aliphatic carbocycles. The van der Waals surface area contributed by atoms with Crippen molar-refractivity contribution in [3.63, 3.8) is 0 Å². The van der Waals surface area contributed by atoms with E-state index in [1.807, 2.05) is 86.1 Å². The van der Waals surface area contributed by atoms with Gasteiger partial charge in [-0.05, 0) is 201 Å². The number of rotatable bonds is 15. The lowest BCUT2D eigenvalue weighted by atomic mass is 9.95. The van der Waals surface area contributed by atoms with Crippen molar-refractivity contribution in [1.82, 2.24) is 0 Å². The maximum atomic E-state index is 15.2. The molecule has 4 heterocycles. The molecule has 14 nitrogen and oxygen atoms in total. The molecule has 132 heavy (non-hydrogen) atoms. The van der Waals surface area contributed by atoms with Crippen LogP contribution in [0.3, 0.4) is 0 Å². The van der Waals surface area contributed by atoms with E-state index < -0.39 is 46.0 Å². The zero-order valence-corrected chi connectivity index (χ0v) is 78.7. The number of halogens is 4. The quantitative estimate of drug-likeness (QED) is 0.0398. The summed E-state index contributed by atoms with van der Waals surface area (Å²) in [4.78, 5) is 34.9. The molecule has 0 saturated heterocycles. The van der Waals surface area contributed by atoms with Gasteiger partial charge in [0.15, 0.2) is 34.8 Å². The predicted molar refractivity (Wildman–Crippen MR) is 531 cm³/mol. The first-order valence-electron chi connectivity index (χ1n) is 39.0. The molecular weight excluding hydrogens is 1890 g/mol. The Morgan fingerprint density at radius 2 is 0.462 bits per heavy atom. The highest BCUT2D eigenvalue weighted by Crippen LogP contribution is 2.64. The SMILES string of the molecule is CSC(SC)=C1c2cc3c(cc2-c2sc(C=C4C(=C(C#N)C#N)c5ccccc5C4=C(C#N)C#N)cc21)/C(=C(/SC)SCCS/C(SC)=C1\c2cc4c(cc2-c2sc(/C=C5\C(=O)c6cc(F)c(F)cc6C5=C(C#N)C#N)cc21)C(=C(SC)SC)c1cc(/C=C2\C(=O)c5cc(F)c(F)cc5C2=C(C#N)C#N)sc1-4)c1cc(C=C2C(=C(C#N)C#N)c4ccccc4C2=C(C#N)C#N)sc1-3. The van der Waals surface area contributed by atoms with Crippen LogP contribution in [0.4, 0.5) is 17.6 Å². The number of hydrogen-bond donors (Lipinski definition) is 0. The Hall–Kier alpha value is -13.8. The standard InChI is InChI=1S/C102H46F4N12O2S12/c1-121-99(122-2)89-59-25-69-61(27-67(59)95-75(89)21-51(129-95)17-71-83(45(33-107)34-108)55-11-7-8-12-56(55)84(71)46(35-109)36-110)91(77-22-52(130-97(69)77)18-72-85(47(37-111)38-112)57-13-9-10-14-58(57)86(72)48(39-113)40-114)101(125-5)127-15-16-128-102(126-6)92-62-28-68-60(26-70(62)98-78(92)24-54(132-98)20-74-88(50(43-117)44-118)64-30-80(104)82(106)32-66(64)94(74)120)90(100(123-3)124-4)76-23-53(131-96(68)76)19-73-87(49(41-115)42-116)63-29-79(103)81(105)31-65(63)93(73)119/h7-14,17-32H,15-16H2,1-6H3/b73-19-,74-20-,101-91+,102-92+. The average molecular weight is 1930 g/mol. The van der Waals surface area contributed by atoms with Gasteiger partial charge in [0.25, 0.3) is 0 Å². The van der Waals surface area contributed by atoms with E-state index >= 15 is 13.2 Å². The lowest BCUT2D eigenvalue weighted by molar-refractivity contribution is 0.103. The first-order valence-corrected chi connectivity index (χ1v) is 51.6. The highest BCUT2D eigenvalue weighted by atomic mass is 32.2. The largest absolute Gasteiger partial charge is 0.289 e. The second-order valence-electron chi connectivity index (χ2n) is 29.5. The van der Waals surface area contributed by atoms with E-state index in [9.17, 15) is 77.1 Å². The number of Topliss-reactive ketones (excluding diaryl/α,β-unsaturated/α-hetero) is 2.